The Hall–Kier alpha value is -3.13. The predicted molar refractivity (Wildman–Crippen MR) is 106 cm³/mol. The van der Waals surface area contributed by atoms with Crippen LogP contribution in [0.15, 0.2) is 41.2 Å². The summed E-state index contributed by atoms with van der Waals surface area (Å²) < 4.78 is 5.25. The van der Waals surface area contributed by atoms with E-state index in [9.17, 15) is 10.1 Å². The van der Waals surface area contributed by atoms with Gasteiger partial charge >= 0.3 is 0 Å². The number of aromatic amines is 1. The number of fused-ring (bicyclic) bond motifs is 1. The largest absolute Gasteiger partial charge is 0.481 e. The van der Waals surface area contributed by atoms with Gasteiger partial charge in [0.05, 0.1) is 18.6 Å². The third-order valence-corrected chi connectivity index (χ3v) is 4.94. The molecule has 5 heteroatoms. The average Bonchev–Trinajstić information content (AvgIpc) is 2.66. The highest BCUT2D eigenvalue weighted by molar-refractivity contribution is 5.80. The zero-order chi connectivity index (χ0) is 19.6. The van der Waals surface area contributed by atoms with Crippen molar-refractivity contribution < 1.29 is 4.74 Å². The molecule has 1 N–H and O–H groups in total. The van der Waals surface area contributed by atoms with E-state index in [0.29, 0.717) is 18.7 Å². The number of aromatic nitrogens is 2. The topological polar surface area (TPSA) is 78.8 Å². The molecule has 0 spiro atoms. The van der Waals surface area contributed by atoms with Crippen molar-refractivity contribution in [3.63, 3.8) is 0 Å². The van der Waals surface area contributed by atoms with E-state index in [4.69, 9.17) is 4.74 Å². The fraction of sp³-hybridized carbons (Fsp3) is 0.318. The van der Waals surface area contributed by atoms with Crippen LogP contribution in [-0.4, -0.2) is 17.1 Å². The van der Waals surface area contributed by atoms with E-state index in [0.717, 1.165) is 33.3 Å². The lowest BCUT2D eigenvalue weighted by molar-refractivity contribution is 0.396. The van der Waals surface area contributed by atoms with Gasteiger partial charge in [-0.1, -0.05) is 19.1 Å². The summed E-state index contributed by atoms with van der Waals surface area (Å²) in [6.07, 6.45) is 1.21. The van der Waals surface area contributed by atoms with Crippen molar-refractivity contribution in [2.45, 2.75) is 39.0 Å². The predicted octanol–water partition coefficient (Wildman–Crippen LogP) is 3.83. The quantitative estimate of drug-likeness (QED) is 0.749. The lowest BCUT2D eigenvalue weighted by Crippen LogP contribution is -2.23. The van der Waals surface area contributed by atoms with Crippen molar-refractivity contribution in [2.24, 2.45) is 0 Å². The van der Waals surface area contributed by atoms with Crippen LogP contribution in [0.4, 0.5) is 0 Å². The number of nitriles is 1. The molecule has 1 atom stereocenters. The van der Waals surface area contributed by atoms with Crippen molar-refractivity contribution in [3.8, 4) is 11.9 Å². The summed E-state index contributed by atoms with van der Waals surface area (Å²) in [4.78, 5) is 19.4. The molecule has 0 bridgehead atoms. The van der Waals surface area contributed by atoms with Gasteiger partial charge in [0, 0.05) is 22.8 Å². The van der Waals surface area contributed by atoms with Crippen LogP contribution in [0.1, 0.15) is 36.2 Å². The number of aryl methyl sites for hydroxylation is 2. The van der Waals surface area contributed by atoms with Gasteiger partial charge in [0.2, 0.25) is 5.88 Å². The summed E-state index contributed by atoms with van der Waals surface area (Å²) >= 11 is 0. The molecule has 138 valence electrons. The minimum absolute atomic E-state index is 0.0738. The Morgan fingerprint density at radius 3 is 2.70 bits per heavy atom. The van der Waals surface area contributed by atoms with Gasteiger partial charge < -0.3 is 9.72 Å². The van der Waals surface area contributed by atoms with Crippen LogP contribution in [0.5, 0.6) is 5.88 Å². The smallest absolute Gasteiger partial charge is 0.251 e. The lowest BCUT2D eigenvalue weighted by Gasteiger charge is -2.23. The average molecular weight is 361 g/mol. The van der Waals surface area contributed by atoms with Crippen LogP contribution >= 0.6 is 0 Å². The fourth-order valence-electron chi connectivity index (χ4n) is 3.38. The summed E-state index contributed by atoms with van der Waals surface area (Å²) in [5.41, 5.74) is 3.39. The summed E-state index contributed by atoms with van der Waals surface area (Å²) in [5.74, 6) is 0.542. The molecule has 0 saturated heterocycles. The molecule has 0 amide bonds. The molecule has 1 aromatic carbocycles. The van der Waals surface area contributed by atoms with Crippen molar-refractivity contribution in [1.29, 1.82) is 5.26 Å². The summed E-state index contributed by atoms with van der Waals surface area (Å²) in [6, 6.07) is 14.0. The molecule has 5 nitrogen and oxygen atoms in total. The second-order valence-electron chi connectivity index (χ2n) is 7.06. The number of hydrogen-bond donors (Lipinski definition) is 1. The van der Waals surface area contributed by atoms with E-state index in [-0.39, 0.29) is 5.56 Å². The zero-order valence-corrected chi connectivity index (χ0v) is 16.1. The van der Waals surface area contributed by atoms with Crippen molar-refractivity contribution in [1.82, 2.24) is 9.97 Å². The monoisotopic (exact) mass is 361 g/mol. The van der Waals surface area contributed by atoms with Crippen molar-refractivity contribution >= 4 is 10.9 Å². The maximum Gasteiger partial charge on any atom is 0.251 e. The van der Waals surface area contributed by atoms with E-state index < -0.39 is 5.41 Å². The highest BCUT2D eigenvalue weighted by Crippen LogP contribution is 2.30. The van der Waals surface area contributed by atoms with E-state index >= 15 is 0 Å². The van der Waals surface area contributed by atoms with Gasteiger partial charge in [0.15, 0.2) is 0 Å². The molecule has 0 saturated carbocycles. The van der Waals surface area contributed by atoms with Crippen LogP contribution in [0.2, 0.25) is 0 Å². The standard InChI is InChI=1S/C22H23N3O2/c1-5-16-10-17-6-7-18(11-19(17)25-21(16)26)22(3,13-23)12-15-8-14(2)24-20(9-15)27-4/h6-11H,5,12H2,1-4H3,(H,25,26). The second kappa shape index (κ2) is 7.24. The highest BCUT2D eigenvalue weighted by Gasteiger charge is 2.28. The number of benzene rings is 1. The minimum Gasteiger partial charge on any atom is -0.481 e. The van der Waals surface area contributed by atoms with Gasteiger partial charge in [-0.15, -0.1) is 0 Å². The molecule has 3 rings (SSSR count). The lowest BCUT2D eigenvalue weighted by atomic mass is 9.78. The molecule has 1 unspecified atom stereocenters. The molecule has 27 heavy (non-hydrogen) atoms. The maximum absolute atomic E-state index is 12.2. The number of H-pyrrole nitrogens is 1. The number of pyridine rings is 2. The Balaban J connectivity index is 2.05. The fourth-order valence-corrected chi connectivity index (χ4v) is 3.38. The van der Waals surface area contributed by atoms with Gasteiger partial charge in [0.25, 0.3) is 5.56 Å². The third-order valence-electron chi connectivity index (χ3n) is 4.94. The Kier molecular flexibility index (Phi) is 5.00. The molecule has 0 radical (unpaired) electrons. The summed E-state index contributed by atoms with van der Waals surface area (Å²) in [7, 11) is 1.58. The first kappa shape index (κ1) is 18.7. The number of ether oxygens (including phenoxy) is 1. The summed E-state index contributed by atoms with van der Waals surface area (Å²) in [5, 5.41) is 10.9. The Bertz CT molecular complexity index is 1090. The first-order valence-corrected chi connectivity index (χ1v) is 8.98. The first-order valence-electron chi connectivity index (χ1n) is 8.98. The Labute approximate surface area is 158 Å². The van der Waals surface area contributed by atoms with Crippen molar-refractivity contribution in [3.05, 3.63) is 69.1 Å². The van der Waals surface area contributed by atoms with E-state index in [1.54, 1.807) is 7.11 Å². The van der Waals surface area contributed by atoms with Gasteiger partial charge in [-0.3, -0.25) is 4.79 Å². The van der Waals surface area contributed by atoms with E-state index in [1.165, 1.54) is 0 Å². The molecule has 2 aromatic heterocycles. The van der Waals surface area contributed by atoms with Crippen LogP contribution < -0.4 is 10.3 Å². The van der Waals surface area contributed by atoms with Crippen LogP contribution in [0.25, 0.3) is 10.9 Å². The molecule has 2 heterocycles. The molecule has 0 aliphatic rings. The van der Waals surface area contributed by atoms with Gasteiger partial charge in [-0.05, 0) is 61.4 Å². The van der Waals surface area contributed by atoms with Crippen LogP contribution in [-0.2, 0) is 18.3 Å². The van der Waals surface area contributed by atoms with E-state index in [1.807, 2.05) is 57.2 Å². The van der Waals surface area contributed by atoms with E-state index in [2.05, 4.69) is 16.0 Å². The normalized spacial score (nSPS) is 13.1. The number of rotatable bonds is 5. The molecular weight excluding hydrogens is 338 g/mol. The van der Waals surface area contributed by atoms with Gasteiger partial charge in [-0.25, -0.2) is 4.98 Å². The Morgan fingerprint density at radius 2 is 2.04 bits per heavy atom. The molecule has 0 aliphatic carbocycles. The molecule has 0 fully saturated rings. The highest BCUT2D eigenvalue weighted by atomic mass is 16.5. The van der Waals surface area contributed by atoms with Gasteiger partial charge in [0.1, 0.15) is 0 Å². The zero-order valence-electron chi connectivity index (χ0n) is 16.1. The summed E-state index contributed by atoms with van der Waals surface area (Å²) in [6.45, 7) is 5.78. The number of hydrogen-bond acceptors (Lipinski definition) is 4. The third kappa shape index (κ3) is 3.70. The minimum atomic E-state index is -0.743. The molecular formula is C22H23N3O2. The maximum atomic E-state index is 12.2. The molecule has 3 aromatic rings. The Morgan fingerprint density at radius 1 is 1.26 bits per heavy atom. The van der Waals surface area contributed by atoms with Crippen LogP contribution in [0.3, 0.4) is 0 Å². The number of nitrogens with zero attached hydrogens (tertiary/aromatic N) is 2. The molecule has 0 aliphatic heterocycles. The van der Waals surface area contributed by atoms with Crippen LogP contribution in [0, 0.1) is 18.3 Å². The second-order valence-corrected chi connectivity index (χ2v) is 7.06. The first-order chi connectivity index (χ1) is 12.9. The number of methoxy groups -OCH3 is 1. The SMILES string of the molecule is CCc1cc2ccc(C(C)(C#N)Cc3cc(C)nc(OC)c3)cc2[nH]c1=O. The van der Waals surface area contributed by atoms with Crippen molar-refractivity contribution in [2.75, 3.05) is 7.11 Å². The number of nitrogens with one attached hydrogen (secondary N) is 1. The van der Waals surface area contributed by atoms with Gasteiger partial charge in [-0.2, -0.15) is 5.26 Å².